The van der Waals surface area contributed by atoms with Gasteiger partial charge in [-0.15, -0.1) is 0 Å². The number of fused-ring (bicyclic) bond motifs is 1. The standard InChI is InChI=1S/C44H82N4O12/c1-15-18-45-24-44(53)30(9)56-33(22-42(44,11)54-14)58-34-27(6)37(60-39-35-31(20-26(5)55-39)48(13)40(59-35)46-19-16-2)41(10,51)21-25(4)23-47-29(8)36(49)43(12,52)32(17-3)57-38(50)28(34)7/h25-37,39,45,47,49,51-53H,15-24H2,1-14H3/b46-40-/t25-,26-,27+,28-,29-,30+,31+,32-,33+,34+,35-,36-,37-,39+,41-,42-,43-,44+/m1/s1. The van der Waals surface area contributed by atoms with Gasteiger partial charge in [0.05, 0.1) is 42.0 Å². The minimum Gasteiger partial charge on any atom is -0.459 e. The molecule has 4 aliphatic rings. The molecule has 0 aliphatic carbocycles. The lowest BCUT2D eigenvalue weighted by Gasteiger charge is -2.53. The van der Waals surface area contributed by atoms with E-state index in [1.165, 1.54) is 6.92 Å². The van der Waals surface area contributed by atoms with Crippen molar-refractivity contribution in [3.8, 4) is 0 Å². The first-order chi connectivity index (χ1) is 28.0. The van der Waals surface area contributed by atoms with Crippen LogP contribution in [0.3, 0.4) is 0 Å². The Kier molecular flexibility index (Phi) is 17.7. The number of aliphatic imine (C=N–C) groups is 1. The minimum absolute atomic E-state index is 0.0953. The molecule has 6 N–H and O–H groups in total. The van der Waals surface area contributed by atoms with Crippen LogP contribution in [0, 0.1) is 17.8 Å². The highest BCUT2D eigenvalue weighted by Gasteiger charge is 2.59. The molecule has 0 aromatic heterocycles. The number of nitrogens with zero attached hydrogens (tertiary/aromatic N) is 2. The van der Waals surface area contributed by atoms with Crippen LogP contribution < -0.4 is 10.6 Å². The number of ether oxygens (including phenoxy) is 7. The molecule has 0 radical (unpaired) electrons. The Bertz CT molecular complexity index is 1410. The van der Waals surface area contributed by atoms with E-state index in [1.807, 2.05) is 46.6 Å². The lowest BCUT2D eigenvalue weighted by Crippen LogP contribution is -2.70. The maximum atomic E-state index is 14.5. The molecule has 60 heavy (non-hydrogen) atoms. The van der Waals surface area contributed by atoms with Crippen molar-refractivity contribution in [3.05, 3.63) is 0 Å². The fourth-order valence-corrected chi connectivity index (χ4v) is 9.90. The third-order valence-corrected chi connectivity index (χ3v) is 13.8. The van der Waals surface area contributed by atoms with Crippen molar-refractivity contribution < 1.29 is 58.4 Å². The fraction of sp³-hybridized carbons (Fsp3) is 0.955. The highest BCUT2D eigenvalue weighted by Crippen LogP contribution is 2.43. The zero-order valence-electron chi connectivity index (χ0n) is 39.1. The van der Waals surface area contributed by atoms with Crippen LogP contribution in [0.4, 0.5) is 0 Å². The van der Waals surface area contributed by atoms with Crippen LogP contribution in [0.15, 0.2) is 4.99 Å². The second-order valence-corrected chi connectivity index (χ2v) is 19.1. The SMILES string of the molecule is CCC/N=C1\O[C@H]2[C@H](O[C@@H]3[C@@H](C)[C@H](O[C@H]4C[C@@](C)(OC)[C@](O)(CNCCC)[C@H](C)O4)[C@@H](C)C(=O)O[C@H](CC)[C@@](C)(O)[C@H](O)[C@@H](C)NC[C@H](C)C[C@@]3(C)O)O[C@H](C)C[C@@H]2N1C. The van der Waals surface area contributed by atoms with Crippen molar-refractivity contribution in [1.82, 2.24) is 15.5 Å². The van der Waals surface area contributed by atoms with E-state index in [2.05, 4.69) is 22.5 Å². The Morgan fingerprint density at radius 2 is 1.65 bits per heavy atom. The number of likely N-dealkylation sites (N-methyl/N-ethyl adjacent to an activating group) is 1. The summed E-state index contributed by atoms with van der Waals surface area (Å²) in [6, 6.07) is -0.165. The summed E-state index contributed by atoms with van der Waals surface area (Å²) < 4.78 is 45.6. The average molecular weight is 859 g/mol. The molecular formula is C44H82N4O12. The molecule has 16 heteroatoms. The molecule has 0 amide bonds. The number of rotatable bonds is 12. The molecule has 350 valence electrons. The maximum absolute atomic E-state index is 14.5. The molecule has 18 atom stereocenters. The molecule has 0 aromatic carbocycles. The Morgan fingerprint density at radius 1 is 0.967 bits per heavy atom. The summed E-state index contributed by atoms with van der Waals surface area (Å²) in [5.41, 5.74) is -5.90. The maximum Gasteiger partial charge on any atom is 0.311 e. The van der Waals surface area contributed by atoms with E-state index in [0.29, 0.717) is 32.1 Å². The Hall–Kier alpha value is -1.70. The fourth-order valence-electron chi connectivity index (χ4n) is 9.90. The lowest BCUT2D eigenvalue weighted by molar-refractivity contribution is -0.335. The molecule has 4 heterocycles. The zero-order chi connectivity index (χ0) is 45.0. The van der Waals surface area contributed by atoms with Gasteiger partial charge in [0.2, 0.25) is 0 Å². The van der Waals surface area contributed by atoms with Crippen molar-refractivity contribution in [2.24, 2.45) is 22.7 Å². The van der Waals surface area contributed by atoms with Gasteiger partial charge in [-0.1, -0.05) is 34.6 Å². The molecule has 0 spiro atoms. The summed E-state index contributed by atoms with van der Waals surface area (Å²) in [7, 11) is 3.51. The molecule has 0 unspecified atom stereocenters. The van der Waals surface area contributed by atoms with Crippen molar-refractivity contribution in [3.63, 3.8) is 0 Å². The van der Waals surface area contributed by atoms with Gasteiger partial charge in [0.1, 0.15) is 29.0 Å². The lowest BCUT2D eigenvalue weighted by atomic mass is 9.75. The number of aliphatic hydroxyl groups excluding tert-OH is 1. The van der Waals surface area contributed by atoms with E-state index in [-0.39, 0.29) is 43.9 Å². The van der Waals surface area contributed by atoms with Crippen LogP contribution in [0.5, 0.6) is 0 Å². The highest BCUT2D eigenvalue weighted by molar-refractivity contribution is 5.76. The van der Waals surface area contributed by atoms with Gasteiger partial charge >= 0.3 is 5.97 Å². The molecule has 0 saturated carbocycles. The predicted octanol–water partition coefficient (Wildman–Crippen LogP) is 3.10. The molecule has 4 fully saturated rings. The largest absolute Gasteiger partial charge is 0.459 e. The number of nitrogens with one attached hydrogen (secondary N) is 2. The number of hydrogen-bond acceptors (Lipinski definition) is 15. The van der Waals surface area contributed by atoms with Gasteiger partial charge in [-0.05, 0) is 99.6 Å². The molecule has 4 rings (SSSR count). The summed E-state index contributed by atoms with van der Waals surface area (Å²) in [5.74, 6) is -2.57. The van der Waals surface area contributed by atoms with Crippen LogP contribution >= 0.6 is 0 Å². The molecule has 16 nitrogen and oxygen atoms in total. The third-order valence-electron chi connectivity index (χ3n) is 13.8. The van der Waals surface area contributed by atoms with E-state index >= 15 is 0 Å². The summed E-state index contributed by atoms with van der Waals surface area (Å²) in [6.45, 7) is 23.9. The van der Waals surface area contributed by atoms with Crippen molar-refractivity contribution in [2.45, 2.75) is 211 Å². The molecular weight excluding hydrogens is 776 g/mol. The van der Waals surface area contributed by atoms with Crippen molar-refractivity contribution >= 4 is 12.0 Å². The average Bonchev–Trinajstić information content (AvgIpc) is 3.50. The molecule has 4 aliphatic heterocycles. The van der Waals surface area contributed by atoms with Crippen LogP contribution in [0.1, 0.15) is 122 Å². The van der Waals surface area contributed by atoms with Gasteiger partial charge in [-0.2, -0.15) is 0 Å². The number of aliphatic hydroxyl groups is 4. The topological polar surface area (TPSA) is 202 Å². The van der Waals surface area contributed by atoms with Gasteiger partial charge in [0, 0.05) is 45.6 Å². The molecule has 0 bridgehead atoms. The number of carbonyl (C=O) groups excluding carboxylic acids is 1. The van der Waals surface area contributed by atoms with E-state index in [0.717, 1.165) is 12.8 Å². The quantitative estimate of drug-likeness (QED) is 0.123. The molecule has 4 saturated heterocycles. The van der Waals surface area contributed by atoms with Gasteiger partial charge < -0.3 is 69.1 Å². The van der Waals surface area contributed by atoms with E-state index in [4.69, 9.17) is 33.2 Å². The Morgan fingerprint density at radius 3 is 2.27 bits per heavy atom. The third kappa shape index (κ3) is 11.0. The first-order valence-electron chi connectivity index (χ1n) is 22.6. The number of hydrogen-bond donors (Lipinski definition) is 6. The summed E-state index contributed by atoms with van der Waals surface area (Å²) in [6.07, 6.45) is -4.81. The van der Waals surface area contributed by atoms with Gasteiger partial charge in [-0.3, -0.25) is 4.79 Å². The van der Waals surface area contributed by atoms with E-state index < -0.39 is 95.5 Å². The van der Waals surface area contributed by atoms with Crippen LogP contribution in [0.25, 0.3) is 0 Å². The van der Waals surface area contributed by atoms with Crippen LogP contribution in [-0.2, 0) is 38.0 Å². The van der Waals surface area contributed by atoms with Crippen molar-refractivity contribution in [1.29, 1.82) is 0 Å². The Balaban J connectivity index is 1.81. The minimum atomic E-state index is -1.81. The monoisotopic (exact) mass is 859 g/mol. The first-order valence-corrected chi connectivity index (χ1v) is 22.6. The normalized spacial score (nSPS) is 46.9. The van der Waals surface area contributed by atoms with Crippen molar-refractivity contribution in [2.75, 3.05) is 40.3 Å². The summed E-state index contributed by atoms with van der Waals surface area (Å²) >= 11 is 0. The first kappa shape index (κ1) is 50.9. The number of cyclic esters (lactones) is 1. The second-order valence-electron chi connectivity index (χ2n) is 19.1. The van der Waals surface area contributed by atoms with Gasteiger partial charge in [0.15, 0.2) is 18.7 Å². The smallest absolute Gasteiger partial charge is 0.311 e. The predicted molar refractivity (Wildman–Crippen MR) is 227 cm³/mol. The van der Waals surface area contributed by atoms with E-state index in [9.17, 15) is 25.2 Å². The number of methoxy groups -OCH3 is 1. The Labute approximate surface area is 359 Å². The highest BCUT2D eigenvalue weighted by atomic mass is 16.7. The number of amidine groups is 1. The van der Waals surface area contributed by atoms with Crippen LogP contribution in [-0.4, -0.2) is 167 Å². The van der Waals surface area contributed by atoms with E-state index in [1.54, 1.807) is 41.7 Å². The van der Waals surface area contributed by atoms with Gasteiger partial charge in [-0.25, -0.2) is 4.99 Å². The summed E-state index contributed by atoms with van der Waals surface area (Å²) in [5, 5.41) is 54.7. The number of esters is 1. The zero-order valence-corrected chi connectivity index (χ0v) is 39.1. The van der Waals surface area contributed by atoms with Crippen LogP contribution in [0.2, 0.25) is 0 Å². The molecule has 0 aromatic rings. The summed E-state index contributed by atoms with van der Waals surface area (Å²) in [4.78, 5) is 21.2. The van der Waals surface area contributed by atoms with Gasteiger partial charge in [0.25, 0.3) is 6.02 Å². The second kappa shape index (κ2) is 20.9. The number of carbonyl (C=O) groups is 1.